The molecule has 126 valence electrons. The van der Waals surface area contributed by atoms with Crippen LogP contribution in [0.3, 0.4) is 0 Å². The summed E-state index contributed by atoms with van der Waals surface area (Å²) in [6, 6.07) is 0.146. The molecular formula is C19H33NO2. The number of nitrogens with zero attached hydrogens (tertiary/aromatic N) is 1. The van der Waals surface area contributed by atoms with Crippen LogP contribution in [0.5, 0.6) is 0 Å². The molecule has 22 heavy (non-hydrogen) atoms. The van der Waals surface area contributed by atoms with Crippen molar-refractivity contribution in [2.45, 2.75) is 85.3 Å². The van der Waals surface area contributed by atoms with Crippen LogP contribution in [0.15, 0.2) is 23.3 Å². The number of rotatable bonds is 5. The maximum absolute atomic E-state index is 12.5. The molecule has 1 aliphatic rings. The molecule has 1 rings (SSSR count). The molecule has 0 spiro atoms. The van der Waals surface area contributed by atoms with Crippen molar-refractivity contribution in [3.8, 4) is 0 Å². The van der Waals surface area contributed by atoms with Crippen LogP contribution < -0.4 is 0 Å². The minimum Gasteiger partial charge on any atom is -0.444 e. The first-order valence-electron chi connectivity index (χ1n) is 8.73. The summed E-state index contributed by atoms with van der Waals surface area (Å²) in [6.07, 6.45) is 9.55. The molecule has 3 heteroatoms. The van der Waals surface area contributed by atoms with E-state index in [1.54, 1.807) is 0 Å². The van der Waals surface area contributed by atoms with Crippen molar-refractivity contribution >= 4 is 6.09 Å². The summed E-state index contributed by atoms with van der Waals surface area (Å²) in [5, 5.41) is 0. The lowest BCUT2D eigenvalue weighted by molar-refractivity contribution is 0.0180. The lowest BCUT2D eigenvalue weighted by Crippen LogP contribution is -2.46. The second-order valence-corrected chi connectivity index (χ2v) is 6.93. The molecule has 1 heterocycles. The van der Waals surface area contributed by atoms with E-state index in [0.29, 0.717) is 0 Å². The number of amides is 1. The Labute approximate surface area is 136 Å². The van der Waals surface area contributed by atoms with Gasteiger partial charge in [0.15, 0.2) is 0 Å². The summed E-state index contributed by atoms with van der Waals surface area (Å²) < 4.78 is 5.60. The van der Waals surface area contributed by atoms with Crippen LogP contribution in [0, 0.1) is 0 Å². The first-order valence-corrected chi connectivity index (χ1v) is 8.73. The Morgan fingerprint density at radius 3 is 2.55 bits per heavy atom. The van der Waals surface area contributed by atoms with Gasteiger partial charge in [-0.1, -0.05) is 39.3 Å². The second kappa shape index (κ2) is 8.40. The summed E-state index contributed by atoms with van der Waals surface area (Å²) in [4.78, 5) is 14.4. The highest BCUT2D eigenvalue weighted by atomic mass is 16.6. The third kappa shape index (κ3) is 5.19. The molecule has 1 atom stereocenters. The van der Waals surface area contributed by atoms with Gasteiger partial charge in [0, 0.05) is 6.54 Å². The predicted octanol–water partition coefficient (Wildman–Crippen LogP) is 5.47. The first kappa shape index (κ1) is 18.8. The Balaban J connectivity index is 2.99. The fourth-order valence-corrected chi connectivity index (χ4v) is 3.02. The SMILES string of the molecule is CCC=C(CCC)C1=CCCN(C(=O)OC(C)(C)C)C1CC. The standard InChI is InChI=1S/C19H33NO2/c1-7-11-15(12-8-2)16-13-10-14-20(17(16)9-3)18(21)22-19(4,5)6/h11,13,17H,7-10,12,14H2,1-6H3. The maximum atomic E-state index is 12.5. The zero-order valence-corrected chi connectivity index (χ0v) is 15.2. The predicted molar refractivity (Wildman–Crippen MR) is 93.0 cm³/mol. The van der Waals surface area contributed by atoms with Gasteiger partial charge in [0.25, 0.3) is 0 Å². The van der Waals surface area contributed by atoms with Gasteiger partial charge in [-0.25, -0.2) is 4.79 Å². The Bertz CT molecular complexity index is 429. The van der Waals surface area contributed by atoms with Crippen LogP contribution in [0.4, 0.5) is 4.79 Å². The molecule has 3 nitrogen and oxygen atoms in total. The Hall–Kier alpha value is -1.25. The fraction of sp³-hybridized carbons (Fsp3) is 0.737. The van der Waals surface area contributed by atoms with E-state index in [1.165, 1.54) is 11.1 Å². The average Bonchev–Trinajstić information content (AvgIpc) is 2.44. The highest BCUT2D eigenvalue weighted by Gasteiger charge is 2.32. The summed E-state index contributed by atoms with van der Waals surface area (Å²) in [5.74, 6) is 0. The van der Waals surface area contributed by atoms with E-state index in [4.69, 9.17) is 4.74 Å². The molecule has 0 fully saturated rings. The lowest BCUT2D eigenvalue weighted by Gasteiger charge is -2.38. The van der Waals surface area contributed by atoms with Crippen molar-refractivity contribution in [2.24, 2.45) is 0 Å². The van der Waals surface area contributed by atoms with Crippen molar-refractivity contribution in [3.63, 3.8) is 0 Å². The summed E-state index contributed by atoms with van der Waals surface area (Å²) in [6.45, 7) is 13.1. The molecular weight excluding hydrogens is 274 g/mol. The highest BCUT2D eigenvalue weighted by molar-refractivity contribution is 5.70. The van der Waals surface area contributed by atoms with E-state index < -0.39 is 5.60 Å². The lowest BCUT2D eigenvalue weighted by atomic mass is 9.88. The van der Waals surface area contributed by atoms with Gasteiger partial charge in [-0.05, 0) is 57.6 Å². The highest BCUT2D eigenvalue weighted by Crippen LogP contribution is 2.30. The topological polar surface area (TPSA) is 29.5 Å². The van der Waals surface area contributed by atoms with Gasteiger partial charge in [-0.15, -0.1) is 0 Å². The Kier molecular flexibility index (Phi) is 7.18. The molecule has 0 aliphatic carbocycles. The largest absolute Gasteiger partial charge is 0.444 e. The number of hydrogen-bond acceptors (Lipinski definition) is 2. The molecule has 0 saturated carbocycles. The number of hydrogen-bond donors (Lipinski definition) is 0. The number of carbonyl (C=O) groups excluding carboxylic acids is 1. The van der Waals surface area contributed by atoms with Gasteiger partial charge < -0.3 is 9.64 Å². The van der Waals surface area contributed by atoms with Gasteiger partial charge in [0.1, 0.15) is 5.60 Å². The maximum Gasteiger partial charge on any atom is 0.410 e. The van der Waals surface area contributed by atoms with E-state index in [-0.39, 0.29) is 12.1 Å². The van der Waals surface area contributed by atoms with Gasteiger partial charge in [-0.2, -0.15) is 0 Å². The normalized spacial score (nSPS) is 19.9. The zero-order chi connectivity index (χ0) is 16.8. The minimum absolute atomic E-state index is 0.146. The molecule has 1 unspecified atom stereocenters. The zero-order valence-electron chi connectivity index (χ0n) is 15.2. The van der Waals surface area contributed by atoms with Gasteiger partial charge in [0.05, 0.1) is 6.04 Å². The van der Waals surface area contributed by atoms with E-state index in [0.717, 1.165) is 38.6 Å². The molecule has 0 bridgehead atoms. The van der Waals surface area contributed by atoms with Crippen LogP contribution >= 0.6 is 0 Å². The molecule has 0 aromatic heterocycles. The molecule has 0 radical (unpaired) electrons. The number of ether oxygens (including phenoxy) is 1. The average molecular weight is 307 g/mol. The van der Waals surface area contributed by atoms with Gasteiger partial charge in [-0.3, -0.25) is 0 Å². The van der Waals surface area contributed by atoms with Crippen LogP contribution in [-0.2, 0) is 4.74 Å². The first-order chi connectivity index (χ1) is 10.3. The van der Waals surface area contributed by atoms with Crippen molar-refractivity contribution in [3.05, 3.63) is 23.3 Å². The van der Waals surface area contributed by atoms with Crippen LogP contribution in [0.25, 0.3) is 0 Å². The third-order valence-electron chi connectivity index (χ3n) is 3.82. The van der Waals surface area contributed by atoms with E-state index in [2.05, 4.69) is 32.9 Å². The Morgan fingerprint density at radius 2 is 2.05 bits per heavy atom. The fourth-order valence-electron chi connectivity index (χ4n) is 3.02. The van der Waals surface area contributed by atoms with E-state index >= 15 is 0 Å². The van der Waals surface area contributed by atoms with Crippen LogP contribution in [0.2, 0.25) is 0 Å². The number of allylic oxidation sites excluding steroid dienone is 1. The van der Waals surface area contributed by atoms with Crippen LogP contribution in [-0.4, -0.2) is 29.2 Å². The molecule has 1 amide bonds. The number of carbonyl (C=O) groups is 1. The van der Waals surface area contributed by atoms with Gasteiger partial charge >= 0.3 is 6.09 Å². The molecule has 0 N–H and O–H groups in total. The molecule has 0 aromatic carbocycles. The van der Waals surface area contributed by atoms with Gasteiger partial charge in [0.2, 0.25) is 0 Å². The van der Waals surface area contributed by atoms with E-state index in [9.17, 15) is 4.79 Å². The quantitative estimate of drug-likeness (QED) is 0.674. The smallest absolute Gasteiger partial charge is 0.410 e. The monoisotopic (exact) mass is 307 g/mol. The second-order valence-electron chi connectivity index (χ2n) is 6.93. The summed E-state index contributed by atoms with van der Waals surface area (Å²) in [7, 11) is 0. The van der Waals surface area contributed by atoms with E-state index in [1.807, 2.05) is 25.7 Å². The Morgan fingerprint density at radius 1 is 1.36 bits per heavy atom. The summed E-state index contributed by atoms with van der Waals surface area (Å²) in [5.41, 5.74) is 2.30. The van der Waals surface area contributed by atoms with Crippen molar-refractivity contribution in [1.29, 1.82) is 0 Å². The molecule has 1 aliphatic heterocycles. The minimum atomic E-state index is -0.442. The van der Waals surface area contributed by atoms with Crippen molar-refractivity contribution < 1.29 is 9.53 Å². The van der Waals surface area contributed by atoms with Crippen molar-refractivity contribution in [2.75, 3.05) is 6.54 Å². The summed E-state index contributed by atoms with van der Waals surface area (Å²) >= 11 is 0. The molecule has 0 aromatic rings. The molecule has 0 saturated heterocycles. The van der Waals surface area contributed by atoms with Crippen LogP contribution in [0.1, 0.15) is 73.6 Å². The van der Waals surface area contributed by atoms with Crippen molar-refractivity contribution in [1.82, 2.24) is 4.90 Å². The third-order valence-corrected chi connectivity index (χ3v) is 3.82.